The fourth-order valence-corrected chi connectivity index (χ4v) is 11.7. The summed E-state index contributed by atoms with van der Waals surface area (Å²) in [4.78, 5) is 227. The summed E-state index contributed by atoms with van der Waals surface area (Å²) in [5, 5.41) is 60.8. The largest absolute Gasteiger partial charge is 0.445 e. The zero-order valence-corrected chi connectivity index (χ0v) is 79.4. The van der Waals surface area contributed by atoms with E-state index in [0.29, 0.717) is 24.3 Å². The lowest BCUT2D eigenvalue weighted by Gasteiger charge is -2.29. The minimum Gasteiger partial charge on any atom is -0.445 e. The van der Waals surface area contributed by atoms with Gasteiger partial charge in [0.05, 0.1) is 12.2 Å². The molecule has 0 saturated carbocycles. The second kappa shape index (κ2) is 57.9. The Balaban J connectivity index is 3.12. The first kappa shape index (κ1) is 115. The molecule has 0 aromatic heterocycles. The lowest BCUT2D eigenvalue weighted by Crippen LogP contribution is -2.62. The Morgan fingerprint density at radius 3 is 1.22 bits per heavy atom. The normalized spacial score (nSPS) is 19.6. The predicted octanol–water partition coefficient (Wildman–Crippen LogP) is 5.44. The third-order valence-electron chi connectivity index (χ3n) is 17.3. The molecule has 39 nitrogen and oxygen atoms in total. The standard InChI is InChI=1S/C71H103Cl15N16O23/c1-7-37(4)13-11-12-16-49(105)93-41(18-24-88-62(116)121-31-67(72,73)74)56(110)102-51(39(6)104)61(115)98-45(21-27-91-65(119)124-34-70(81,82)83)54(108)94-42-17-23-87-60(114)50(38(5)103)101-57(111)46(22-28-92-66(120)125-35-71(84,85)86)96-53(107)43(19-25-89-63(117)122-32-68(75,76)77)97-58(112)47(29-36(2)3)99-59(113)48(30-40-14-9-8-10-15-40)100-55(109)44(95-52(42)106)20-26-90-64(118)123-33-69(78,79)80/h8-10,14-15,36-39,41-48,50-51,103-104H,7,11-13,16-35H2,1-6H3,(H,87,114)(H,88,116)(H,89,117)(H,90,118)(H,91,119)(H,92,120)(H,93,105)(H,94,108)(H,95,106)(H,96,107)(H,97,112)(H,98,115)(H,99,113)(H,100,109)(H,101,111)(H,102,110)/t37-,38+,39+,41-,42?,43-,44?,45-,46-,47-,48+,50?,51-/m0/s1. The fraction of sp³-hybridized carbons (Fsp3) is 0.690. The number of hydrogen-bond acceptors (Lipinski definition) is 23. The lowest BCUT2D eigenvalue weighted by molar-refractivity contribution is -0.137. The van der Waals surface area contributed by atoms with Gasteiger partial charge in [-0.05, 0) is 82.6 Å². The van der Waals surface area contributed by atoms with E-state index in [1.54, 1.807) is 44.2 Å². The van der Waals surface area contributed by atoms with E-state index in [9.17, 15) is 67.7 Å². The van der Waals surface area contributed by atoms with Gasteiger partial charge in [0.2, 0.25) is 83.9 Å². The van der Waals surface area contributed by atoms with E-state index in [1.165, 1.54) is 0 Å². The number of ether oxygens (including phenoxy) is 5. The van der Waals surface area contributed by atoms with Gasteiger partial charge in [0.25, 0.3) is 0 Å². The van der Waals surface area contributed by atoms with Crippen LogP contribution in [0, 0.1) is 11.8 Å². The van der Waals surface area contributed by atoms with E-state index in [4.69, 9.17) is 198 Å². The van der Waals surface area contributed by atoms with Crippen LogP contribution in [0.15, 0.2) is 30.3 Å². The molecule has 1 fully saturated rings. The van der Waals surface area contributed by atoms with Gasteiger partial charge >= 0.3 is 30.5 Å². The second-order valence-corrected chi connectivity index (χ2v) is 41.3. The molecular formula is C71H103Cl15N16O23. The van der Waals surface area contributed by atoms with Crippen molar-refractivity contribution in [1.29, 1.82) is 0 Å². The molecular weight excluding hydrogens is 1980 g/mol. The van der Waals surface area contributed by atoms with Gasteiger partial charge in [-0.1, -0.05) is 251 Å². The monoisotopic (exact) mass is 2070 g/mol. The van der Waals surface area contributed by atoms with Crippen molar-refractivity contribution in [3.63, 3.8) is 0 Å². The van der Waals surface area contributed by atoms with Gasteiger partial charge < -0.3 is 119 Å². The van der Waals surface area contributed by atoms with Crippen LogP contribution in [0.5, 0.6) is 0 Å². The summed E-state index contributed by atoms with van der Waals surface area (Å²) in [5.74, 6) is -13.3. The number of rotatable bonds is 39. The molecule has 1 saturated heterocycles. The number of alkyl carbamates (subject to hydrolysis) is 5. The summed E-state index contributed by atoms with van der Waals surface area (Å²) in [7, 11) is 0. The van der Waals surface area contributed by atoms with Crippen LogP contribution < -0.4 is 85.1 Å². The van der Waals surface area contributed by atoms with E-state index in [2.05, 4.69) is 85.1 Å². The van der Waals surface area contributed by atoms with Crippen LogP contribution in [0.25, 0.3) is 0 Å². The van der Waals surface area contributed by atoms with Crippen molar-refractivity contribution in [2.75, 3.05) is 72.3 Å². The molecule has 1 aliphatic heterocycles. The Hall–Kier alpha value is -5.99. The number of halogens is 15. The molecule has 1 aromatic carbocycles. The highest BCUT2D eigenvalue weighted by atomic mass is 35.6. The third kappa shape index (κ3) is 53.1. The number of benzene rings is 1. The summed E-state index contributed by atoms with van der Waals surface area (Å²) in [6.07, 6.45) is -11.6. The summed E-state index contributed by atoms with van der Waals surface area (Å²) in [6.45, 7) is 1.90. The number of amides is 16. The number of alkyl halides is 15. The van der Waals surface area contributed by atoms with Crippen LogP contribution >= 0.6 is 174 Å². The Kier molecular flexibility index (Phi) is 53.3. The maximum Gasteiger partial charge on any atom is 0.407 e. The number of nitrogens with one attached hydrogen (secondary N) is 16. The third-order valence-corrected chi connectivity index (χ3v) is 19.0. The molecule has 0 aliphatic carbocycles. The van der Waals surface area contributed by atoms with Crippen molar-refractivity contribution >= 4 is 269 Å². The highest BCUT2D eigenvalue weighted by Crippen LogP contribution is 2.29. The molecule has 1 aromatic rings. The van der Waals surface area contributed by atoms with Crippen molar-refractivity contribution in [3.8, 4) is 0 Å². The molecule has 0 bridgehead atoms. The Labute approximate surface area is 795 Å². The Bertz CT molecular complexity index is 3700. The fourth-order valence-electron chi connectivity index (χ4n) is 10.9. The van der Waals surface area contributed by atoms with Gasteiger partial charge in [-0.25, -0.2) is 24.0 Å². The van der Waals surface area contributed by atoms with Crippen molar-refractivity contribution < 1.29 is 111 Å². The van der Waals surface area contributed by atoms with Crippen molar-refractivity contribution in [3.05, 3.63) is 35.9 Å². The van der Waals surface area contributed by atoms with Crippen LogP contribution in [-0.2, 0) is 82.8 Å². The number of unbranched alkanes of at least 4 members (excludes halogenated alkanes) is 1. The molecule has 18 N–H and O–H groups in total. The Morgan fingerprint density at radius 1 is 0.440 bits per heavy atom. The number of carbonyl (C=O) groups is 16. The van der Waals surface area contributed by atoms with E-state index in [1.807, 2.05) is 13.8 Å². The maximum atomic E-state index is 15.4. The van der Waals surface area contributed by atoms with E-state index in [-0.39, 0.29) is 12.8 Å². The van der Waals surface area contributed by atoms with Gasteiger partial charge in [0.1, 0.15) is 93.5 Å². The van der Waals surface area contributed by atoms with Crippen LogP contribution in [0.2, 0.25) is 0 Å². The smallest absolute Gasteiger partial charge is 0.407 e. The van der Waals surface area contributed by atoms with Gasteiger partial charge in [0.15, 0.2) is 0 Å². The van der Waals surface area contributed by atoms with Crippen molar-refractivity contribution in [1.82, 2.24) is 85.1 Å². The first-order chi connectivity index (χ1) is 58.0. The van der Waals surface area contributed by atoms with Crippen LogP contribution in [-0.4, -0.2) is 270 Å². The summed E-state index contributed by atoms with van der Waals surface area (Å²) >= 11 is 86.5. The van der Waals surface area contributed by atoms with Crippen molar-refractivity contribution in [2.45, 2.75) is 217 Å². The second-order valence-electron chi connectivity index (χ2n) is 28.7. The van der Waals surface area contributed by atoms with E-state index < -0.39 is 310 Å². The molecule has 16 amide bonds. The SMILES string of the molecule is CC[C@H](C)CCCCC(=O)N[C@@H](CCNC(=O)OCC(Cl)(Cl)Cl)C(=O)N[C@H](C(=O)N[C@@H](CCNC(=O)OCC(Cl)(Cl)Cl)C(=O)NC1CCNC(=O)C([C@@H](C)O)NC(=O)[C@H](CCNC(=O)OCC(Cl)(Cl)Cl)NC(=O)[C@H](CCNC(=O)OCC(Cl)(Cl)Cl)NC(=O)[C@H](CC(C)C)NC(=O)[C@@H](Cc2ccccc2)NC(=O)C(CCNC(=O)OCC(Cl)(Cl)Cl)NC1=O)[C@@H](C)O. The first-order valence-corrected chi connectivity index (χ1v) is 44.3. The van der Waals surface area contributed by atoms with Gasteiger partial charge in [-0.15, -0.1) is 0 Å². The van der Waals surface area contributed by atoms with E-state index in [0.717, 1.165) is 26.7 Å². The molecule has 1 aliphatic rings. The maximum absolute atomic E-state index is 15.4. The number of carbonyl (C=O) groups excluding carboxylic acids is 16. The number of aliphatic hydroxyl groups excluding tert-OH is 2. The molecule has 1 heterocycles. The summed E-state index contributed by atoms with van der Waals surface area (Å²) < 4.78 is 14.2. The molecule has 0 spiro atoms. The van der Waals surface area contributed by atoms with E-state index >= 15 is 19.2 Å². The van der Waals surface area contributed by atoms with Gasteiger partial charge in [-0.3, -0.25) is 52.7 Å². The number of hydrogen-bond donors (Lipinski definition) is 18. The number of aliphatic hydroxyl groups is 2. The van der Waals surface area contributed by atoms with Crippen LogP contribution in [0.4, 0.5) is 24.0 Å². The summed E-state index contributed by atoms with van der Waals surface area (Å²) in [5.41, 5.74) is 0.372. The zero-order valence-electron chi connectivity index (χ0n) is 68.1. The summed E-state index contributed by atoms with van der Waals surface area (Å²) in [6, 6.07) is -11.0. The van der Waals surface area contributed by atoms with Crippen LogP contribution in [0.3, 0.4) is 0 Å². The molecule has 13 atom stereocenters. The molecule has 125 heavy (non-hydrogen) atoms. The minimum atomic E-state index is -2.14. The molecule has 0 radical (unpaired) electrons. The molecule has 710 valence electrons. The molecule has 2 rings (SSSR count). The van der Waals surface area contributed by atoms with Crippen molar-refractivity contribution in [2.24, 2.45) is 11.8 Å². The van der Waals surface area contributed by atoms with Crippen LogP contribution in [0.1, 0.15) is 124 Å². The predicted molar refractivity (Wildman–Crippen MR) is 469 cm³/mol. The average Bonchev–Trinajstić information content (AvgIpc) is 1.16. The average molecular weight is 2080 g/mol. The molecule has 54 heteroatoms. The zero-order chi connectivity index (χ0) is 94.8. The Morgan fingerprint density at radius 2 is 0.816 bits per heavy atom. The molecule has 3 unspecified atom stereocenters. The quantitative estimate of drug-likeness (QED) is 0.0221. The minimum absolute atomic E-state index is 0.0873. The highest BCUT2D eigenvalue weighted by molar-refractivity contribution is 6.69. The van der Waals surface area contributed by atoms with Gasteiger partial charge in [0, 0.05) is 52.1 Å². The topological polar surface area (TPSA) is 552 Å². The first-order valence-electron chi connectivity index (χ1n) is 38.6. The van der Waals surface area contributed by atoms with Gasteiger partial charge in [-0.2, -0.15) is 0 Å². The highest BCUT2D eigenvalue weighted by Gasteiger charge is 2.40. The lowest BCUT2D eigenvalue weighted by atomic mass is 10.00.